The number of hydrogen-bond acceptors (Lipinski definition) is 13. The number of carbonyl (C=O) groups excluding carboxylic acids is 8. The van der Waals surface area contributed by atoms with Gasteiger partial charge >= 0.3 is 30.3 Å². The number of rotatable bonds is 16. The van der Waals surface area contributed by atoms with Crippen LogP contribution < -0.4 is 26.6 Å². The molecular formula is C39H66N6O13. The minimum atomic E-state index is -1.14. The molecule has 2 atom stereocenters. The molecular weight excluding hydrogens is 760 g/mol. The van der Waals surface area contributed by atoms with Gasteiger partial charge in [0.2, 0.25) is 5.91 Å². The number of amides is 7. The van der Waals surface area contributed by atoms with E-state index in [1.165, 1.54) is 0 Å². The summed E-state index contributed by atoms with van der Waals surface area (Å²) in [4.78, 5) is 100. The summed E-state index contributed by atoms with van der Waals surface area (Å²) in [6, 6.07) is -1.91. The Morgan fingerprint density at radius 2 is 0.948 bits per heavy atom. The number of hydroxylamine groups is 2. The van der Waals surface area contributed by atoms with Crippen molar-refractivity contribution in [3.63, 3.8) is 0 Å². The van der Waals surface area contributed by atoms with Crippen LogP contribution in [0.4, 0.5) is 19.2 Å². The number of nitrogens with zero attached hydrogens (tertiary/aromatic N) is 1. The fourth-order valence-electron chi connectivity index (χ4n) is 4.45. The normalized spacial score (nSPS) is 13.9. The Bertz CT molecular complexity index is 1430. The van der Waals surface area contributed by atoms with Crippen LogP contribution >= 0.6 is 0 Å². The van der Waals surface area contributed by atoms with Crippen LogP contribution in [0.2, 0.25) is 0 Å². The van der Waals surface area contributed by atoms with Crippen molar-refractivity contribution in [2.75, 3.05) is 19.6 Å². The molecule has 1 saturated heterocycles. The lowest BCUT2D eigenvalue weighted by Gasteiger charge is -2.23. The van der Waals surface area contributed by atoms with E-state index in [0.29, 0.717) is 50.3 Å². The van der Waals surface area contributed by atoms with Crippen LogP contribution in [0.15, 0.2) is 0 Å². The van der Waals surface area contributed by atoms with Gasteiger partial charge in [0.1, 0.15) is 34.5 Å². The number of terminal acetylenes is 1. The first-order valence-electron chi connectivity index (χ1n) is 19.2. The zero-order chi connectivity index (χ0) is 44.9. The fourth-order valence-corrected chi connectivity index (χ4v) is 4.45. The molecule has 7 amide bonds. The maximum Gasteiger partial charge on any atom is 0.408 e. The monoisotopic (exact) mass is 826 g/mol. The van der Waals surface area contributed by atoms with Gasteiger partial charge in [0.15, 0.2) is 0 Å². The average Bonchev–Trinajstić information content (AvgIpc) is 3.34. The average molecular weight is 827 g/mol. The number of imide groups is 1. The number of alkyl carbamates (subject to hydrolysis) is 4. The van der Waals surface area contributed by atoms with Crippen LogP contribution in [0.5, 0.6) is 0 Å². The Balaban J connectivity index is 0.00000113. The first-order chi connectivity index (χ1) is 26.5. The van der Waals surface area contributed by atoms with E-state index < -0.39 is 76.6 Å². The van der Waals surface area contributed by atoms with Crippen molar-refractivity contribution in [2.45, 2.75) is 169 Å². The summed E-state index contributed by atoms with van der Waals surface area (Å²) in [5.41, 5.74) is -2.61. The minimum Gasteiger partial charge on any atom is -0.444 e. The number of ether oxygens (including phenoxy) is 4. The van der Waals surface area contributed by atoms with Gasteiger partial charge in [0.25, 0.3) is 11.8 Å². The summed E-state index contributed by atoms with van der Waals surface area (Å²) < 4.78 is 20.6. The third kappa shape index (κ3) is 27.3. The Morgan fingerprint density at radius 1 is 0.586 bits per heavy atom. The molecule has 5 N–H and O–H groups in total. The molecule has 1 aliphatic rings. The fraction of sp³-hybridized carbons (Fsp3) is 0.744. The molecule has 0 aromatic carbocycles. The van der Waals surface area contributed by atoms with E-state index in [1.54, 1.807) is 83.1 Å². The third-order valence-corrected chi connectivity index (χ3v) is 6.71. The Kier molecular flexibility index (Phi) is 22.3. The second-order valence-corrected chi connectivity index (χ2v) is 17.2. The van der Waals surface area contributed by atoms with E-state index in [9.17, 15) is 38.4 Å². The van der Waals surface area contributed by atoms with Gasteiger partial charge in [0.05, 0.1) is 6.54 Å². The quantitative estimate of drug-likeness (QED) is 0.0623. The second kappa shape index (κ2) is 24.5. The standard InChI is InChI=1S/C20H33N3O8.C19H33N3O5/c1-19(2,3)29-17(27)21-12-8-7-9-13(22-18(28)30-20(4,5)6)16(26)31-23-14(24)10-11-15(23)25;1-8-12-20-15(23)14(22-17(25)27-19(5,6)7)11-9-10-13-21-16(24)26-18(2,3)4/h13H,7-12H2,1-6H3,(H,21,27)(H,22,28);1,14H,9-13H2,2-7H3,(H,20,23)(H,21,24)(H,22,25). The van der Waals surface area contributed by atoms with Gasteiger partial charge in [0, 0.05) is 25.9 Å². The van der Waals surface area contributed by atoms with Crippen LogP contribution in [-0.4, -0.2) is 107 Å². The maximum atomic E-state index is 12.5. The second-order valence-electron chi connectivity index (χ2n) is 17.2. The topological polar surface area (TPSA) is 246 Å². The van der Waals surface area contributed by atoms with Crippen molar-refractivity contribution in [1.29, 1.82) is 0 Å². The van der Waals surface area contributed by atoms with Crippen molar-refractivity contribution in [1.82, 2.24) is 31.6 Å². The van der Waals surface area contributed by atoms with Crippen LogP contribution in [0.25, 0.3) is 0 Å². The Morgan fingerprint density at radius 3 is 1.33 bits per heavy atom. The molecule has 1 aliphatic heterocycles. The predicted molar refractivity (Wildman–Crippen MR) is 212 cm³/mol. The molecule has 0 aromatic rings. The highest BCUT2D eigenvalue weighted by Crippen LogP contribution is 2.15. The highest BCUT2D eigenvalue weighted by atomic mass is 16.7. The molecule has 0 aliphatic carbocycles. The summed E-state index contributed by atoms with van der Waals surface area (Å²) in [6.45, 7) is 21.6. The maximum absolute atomic E-state index is 12.5. The molecule has 0 saturated carbocycles. The molecule has 58 heavy (non-hydrogen) atoms. The van der Waals surface area contributed by atoms with Crippen molar-refractivity contribution in [3.05, 3.63) is 0 Å². The van der Waals surface area contributed by atoms with Gasteiger partial charge in [-0.25, -0.2) is 24.0 Å². The summed E-state index contributed by atoms with van der Waals surface area (Å²) in [7, 11) is 0. The van der Waals surface area contributed by atoms with Crippen LogP contribution in [0.3, 0.4) is 0 Å². The molecule has 0 spiro atoms. The number of hydrogen-bond donors (Lipinski definition) is 5. The number of nitrogens with one attached hydrogen (secondary N) is 5. The number of carbonyl (C=O) groups is 8. The van der Waals surface area contributed by atoms with Gasteiger partial charge < -0.3 is 50.4 Å². The molecule has 0 bridgehead atoms. The first kappa shape index (κ1) is 52.7. The zero-order valence-electron chi connectivity index (χ0n) is 36.3. The van der Waals surface area contributed by atoms with E-state index in [2.05, 4.69) is 32.5 Å². The molecule has 0 aromatic heterocycles. The summed E-state index contributed by atoms with van der Waals surface area (Å²) in [5, 5.41) is 13.2. The lowest BCUT2D eigenvalue weighted by molar-refractivity contribution is -0.199. The summed E-state index contributed by atoms with van der Waals surface area (Å²) >= 11 is 0. The summed E-state index contributed by atoms with van der Waals surface area (Å²) in [6.07, 6.45) is 5.18. The van der Waals surface area contributed by atoms with Crippen LogP contribution in [0.1, 0.15) is 134 Å². The SMILES string of the molecule is C#CCNC(=O)C(CCCCNC(=O)OC(C)(C)C)NC(=O)OC(C)(C)C.CC(C)(C)OC(=O)NCCCCC(NC(=O)OC(C)(C)C)C(=O)ON1C(=O)CCC1=O. The molecule has 19 nitrogen and oxygen atoms in total. The van der Waals surface area contributed by atoms with E-state index >= 15 is 0 Å². The Labute approximate surface area is 342 Å². The molecule has 0 radical (unpaired) electrons. The minimum absolute atomic E-state index is 0.0351. The Hall–Kier alpha value is -5.28. The molecule has 2 unspecified atom stereocenters. The van der Waals surface area contributed by atoms with Crippen molar-refractivity contribution in [3.8, 4) is 12.3 Å². The van der Waals surface area contributed by atoms with Gasteiger partial charge in [-0.2, -0.15) is 0 Å². The van der Waals surface area contributed by atoms with Gasteiger partial charge in [-0.15, -0.1) is 11.5 Å². The third-order valence-electron chi connectivity index (χ3n) is 6.71. The van der Waals surface area contributed by atoms with Crippen molar-refractivity contribution >= 4 is 48.1 Å². The summed E-state index contributed by atoms with van der Waals surface area (Å²) in [5.74, 6) is -0.240. The highest BCUT2D eigenvalue weighted by molar-refractivity contribution is 6.01. The first-order valence-corrected chi connectivity index (χ1v) is 19.2. The molecule has 1 fully saturated rings. The molecule has 330 valence electrons. The van der Waals surface area contributed by atoms with E-state index in [-0.39, 0.29) is 31.7 Å². The number of unbranched alkanes of at least 4 members (excludes halogenated alkanes) is 2. The lowest BCUT2D eigenvalue weighted by atomic mass is 10.1. The predicted octanol–water partition coefficient (Wildman–Crippen LogP) is 4.51. The van der Waals surface area contributed by atoms with Crippen LogP contribution in [-0.2, 0) is 43.0 Å². The van der Waals surface area contributed by atoms with E-state index in [0.717, 1.165) is 0 Å². The van der Waals surface area contributed by atoms with Gasteiger partial charge in [-0.05, 0) is 122 Å². The van der Waals surface area contributed by atoms with E-state index in [1.807, 2.05) is 0 Å². The van der Waals surface area contributed by atoms with E-state index in [4.69, 9.17) is 30.2 Å². The van der Waals surface area contributed by atoms with Gasteiger partial charge in [-0.3, -0.25) is 14.4 Å². The highest BCUT2D eigenvalue weighted by Gasteiger charge is 2.36. The van der Waals surface area contributed by atoms with Crippen molar-refractivity contribution in [2.24, 2.45) is 0 Å². The zero-order valence-corrected chi connectivity index (χ0v) is 36.3. The smallest absolute Gasteiger partial charge is 0.408 e. The van der Waals surface area contributed by atoms with Gasteiger partial charge in [-0.1, -0.05) is 5.92 Å². The molecule has 1 heterocycles. The molecule has 1 rings (SSSR count). The molecule has 19 heteroatoms. The van der Waals surface area contributed by atoms with Crippen LogP contribution in [0, 0.1) is 12.3 Å². The largest absolute Gasteiger partial charge is 0.444 e. The lowest BCUT2D eigenvalue weighted by Crippen LogP contribution is -2.48. The van der Waals surface area contributed by atoms with Crippen molar-refractivity contribution < 1.29 is 62.1 Å².